The molecule has 9 heteroatoms. The lowest BCUT2D eigenvalue weighted by Gasteiger charge is -2.28. The number of aromatic nitrogens is 2. The molecule has 1 fully saturated rings. The molecule has 2 N–H and O–H groups in total. The Bertz CT molecular complexity index is 943. The van der Waals surface area contributed by atoms with E-state index in [1.807, 2.05) is 19.9 Å². The van der Waals surface area contributed by atoms with Crippen LogP contribution in [0.15, 0.2) is 29.2 Å². The molecule has 3 rings (SSSR count). The summed E-state index contributed by atoms with van der Waals surface area (Å²) in [4.78, 5) is 11.5. The van der Waals surface area contributed by atoms with Crippen LogP contribution in [0.3, 0.4) is 0 Å². The molecule has 0 radical (unpaired) electrons. The summed E-state index contributed by atoms with van der Waals surface area (Å²) in [6.45, 7) is 6.39. The van der Waals surface area contributed by atoms with Gasteiger partial charge < -0.3 is 15.0 Å². The maximum atomic E-state index is 12.5. The number of rotatable bonds is 8. The van der Waals surface area contributed by atoms with E-state index in [2.05, 4.69) is 24.9 Å². The molecule has 1 aromatic heterocycles. The number of hydrogen-bond donors (Lipinski definition) is 2. The lowest BCUT2D eigenvalue weighted by atomic mass is 10.1. The summed E-state index contributed by atoms with van der Waals surface area (Å²) in [6.07, 6.45) is 3.62. The van der Waals surface area contributed by atoms with Crippen LogP contribution in [-0.2, 0) is 10.0 Å². The van der Waals surface area contributed by atoms with Crippen LogP contribution in [-0.4, -0.2) is 51.7 Å². The van der Waals surface area contributed by atoms with E-state index in [1.165, 1.54) is 25.3 Å². The first-order chi connectivity index (χ1) is 13.9. The molecule has 0 unspecified atom stereocenters. The number of piperidine rings is 1. The van der Waals surface area contributed by atoms with Gasteiger partial charge in [0.15, 0.2) is 0 Å². The SMILES string of the molecule is COc1ccc(S(=O)(=O)NCCNc2nc(C)cc(N3CCCCC3)n2)cc1C. The minimum absolute atomic E-state index is 0.218. The molecule has 0 bridgehead atoms. The summed E-state index contributed by atoms with van der Waals surface area (Å²) < 4.78 is 32.8. The van der Waals surface area contributed by atoms with Crippen LogP contribution in [0.4, 0.5) is 11.8 Å². The zero-order chi connectivity index (χ0) is 20.9. The predicted molar refractivity (Wildman–Crippen MR) is 114 cm³/mol. The first kappa shape index (κ1) is 21.3. The Morgan fingerprint density at radius 1 is 1.07 bits per heavy atom. The van der Waals surface area contributed by atoms with Gasteiger partial charge in [-0.05, 0) is 56.9 Å². The number of anilines is 2. The van der Waals surface area contributed by atoms with E-state index < -0.39 is 10.0 Å². The first-order valence-electron chi connectivity index (χ1n) is 9.88. The van der Waals surface area contributed by atoms with E-state index in [9.17, 15) is 8.42 Å². The Balaban J connectivity index is 1.57. The summed E-state index contributed by atoms with van der Waals surface area (Å²) in [5.74, 6) is 2.10. The summed E-state index contributed by atoms with van der Waals surface area (Å²) in [7, 11) is -2.03. The lowest BCUT2D eigenvalue weighted by Crippen LogP contribution is -2.31. The summed E-state index contributed by atoms with van der Waals surface area (Å²) in [5.41, 5.74) is 1.66. The maximum Gasteiger partial charge on any atom is 0.240 e. The van der Waals surface area contributed by atoms with Crippen LogP contribution in [0, 0.1) is 13.8 Å². The molecule has 158 valence electrons. The second-order valence-electron chi connectivity index (χ2n) is 7.19. The quantitative estimate of drug-likeness (QED) is 0.635. The van der Waals surface area contributed by atoms with Gasteiger partial charge in [-0.25, -0.2) is 18.1 Å². The summed E-state index contributed by atoms with van der Waals surface area (Å²) in [6, 6.07) is 6.79. The van der Waals surface area contributed by atoms with Gasteiger partial charge in [0.1, 0.15) is 11.6 Å². The monoisotopic (exact) mass is 419 g/mol. The molecule has 1 aliphatic heterocycles. The van der Waals surface area contributed by atoms with Gasteiger partial charge in [-0.2, -0.15) is 4.98 Å². The highest BCUT2D eigenvalue weighted by Gasteiger charge is 2.16. The number of hydrogen-bond acceptors (Lipinski definition) is 7. The van der Waals surface area contributed by atoms with Gasteiger partial charge >= 0.3 is 0 Å². The number of sulfonamides is 1. The Hall–Kier alpha value is -2.39. The van der Waals surface area contributed by atoms with E-state index in [0.717, 1.165) is 30.2 Å². The highest BCUT2D eigenvalue weighted by molar-refractivity contribution is 7.89. The Labute approximate surface area is 172 Å². The van der Waals surface area contributed by atoms with Gasteiger partial charge in [0.25, 0.3) is 0 Å². The van der Waals surface area contributed by atoms with Crippen molar-refractivity contribution in [2.75, 3.05) is 43.5 Å². The molecule has 0 spiro atoms. The molecule has 2 aromatic rings. The molecule has 1 saturated heterocycles. The van der Waals surface area contributed by atoms with Gasteiger partial charge in [-0.15, -0.1) is 0 Å². The third-order valence-corrected chi connectivity index (χ3v) is 6.36. The molecular formula is C20H29N5O3S. The van der Waals surface area contributed by atoms with Crippen LogP contribution >= 0.6 is 0 Å². The normalized spacial score (nSPS) is 14.7. The minimum atomic E-state index is -3.59. The van der Waals surface area contributed by atoms with Crippen molar-refractivity contribution in [3.8, 4) is 5.75 Å². The molecule has 0 aliphatic carbocycles. The highest BCUT2D eigenvalue weighted by Crippen LogP contribution is 2.21. The van der Waals surface area contributed by atoms with Gasteiger partial charge in [0, 0.05) is 37.9 Å². The van der Waals surface area contributed by atoms with Gasteiger partial charge in [0.05, 0.1) is 12.0 Å². The van der Waals surface area contributed by atoms with E-state index in [4.69, 9.17) is 4.74 Å². The van der Waals surface area contributed by atoms with Crippen LogP contribution in [0.5, 0.6) is 5.75 Å². The van der Waals surface area contributed by atoms with Crippen molar-refractivity contribution in [2.24, 2.45) is 0 Å². The smallest absolute Gasteiger partial charge is 0.240 e. The van der Waals surface area contributed by atoms with Crippen molar-refractivity contribution in [1.29, 1.82) is 0 Å². The Morgan fingerprint density at radius 2 is 1.83 bits per heavy atom. The van der Waals surface area contributed by atoms with Crippen LogP contribution in [0.25, 0.3) is 0 Å². The lowest BCUT2D eigenvalue weighted by molar-refractivity contribution is 0.411. The number of nitrogens with one attached hydrogen (secondary N) is 2. The van der Waals surface area contributed by atoms with Crippen molar-refractivity contribution in [3.63, 3.8) is 0 Å². The van der Waals surface area contributed by atoms with Gasteiger partial charge in [-0.3, -0.25) is 0 Å². The largest absolute Gasteiger partial charge is 0.496 e. The fourth-order valence-corrected chi connectivity index (χ4v) is 4.49. The predicted octanol–water partition coefficient (Wildman–Crippen LogP) is 2.48. The van der Waals surface area contributed by atoms with E-state index in [0.29, 0.717) is 18.2 Å². The second-order valence-corrected chi connectivity index (χ2v) is 8.96. The minimum Gasteiger partial charge on any atom is -0.496 e. The Morgan fingerprint density at radius 3 is 2.52 bits per heavy atom. The molecule has 0 amide bonds. The third-order valence-electron chi connectivity index (χ3n) is 4.90. The zero-order valence-electron chi connectivity index (χ0n) is 17.2. The standard InChI is InChI=1S/C20H29N5O3S/c1-15-13-17(7-8-18(15)28-3)29(26,27)22-10-9-21-20-23-16(2)14-19(24-20)25-11-5-4-6-12-25/h7-8,13-14,22H,4-6,9-12H2,1-3H3,(H,21,23,24). The van der Waals surface area contributed by atoms with Crippen molar-refractivity contribution < 1.29 is 13.2 Å². The summed E-state index contributed by atoms with van der Waals surface area (Å²) >= 11 is 0. The third kappa shape index (κ3) is 5.57. The molecule has 0 saturated carbocycles. The van der Waals surface area contributed by atoms with Gasteiger partial charge in [-0.1, -0.05) is 0 Å². The number of benzene rings is 1. The maximum absolute atomic E-state index is 12.5. The molecule has 1 aromatic carbocycles. The number of nitrogens with zero attached hydrogens (tertiary/aromatic N) is 3. The van der Waals surface area contributed by atoms with Crippen molar-refractivity contribution in [1.82, 2.24) is 14.7 Å². The van der Waals surface area contributed by atoms with Crippen molar-refractivity contribution >= 4 is 21.8 Å². The van der Waals surface area contributed by atoms with Gasteiger partial charge in [0.2, 0.25) is 16.0 Å². The second kappa shape index (κ2) is 9.41. The average Bonchev–Trinajstić information content (AvgIpc) is 2.71. The van der Waals surface area contributed by atoms with E-state index in [1.54, 1.807) is 19.2 Å². The van der Waals surface area contributed by atoms with E-state index in [-0.39, 0.29) is 11.4 Å². The molecule has 8 nitrogen and oxygen atoms in total. The number of aryl methyl sites for hydroxylation is 2. The zero-order valence-corrected chi connectivity index (χ0v) is 18.1. The van der Waals surface area contributed by atoms with Crippen LogP contribution in [0.1, 0.15) is 30.5 Å². The van der Waals surface area contributed by atoms with Crippen molar-refractivity contribution in [2.45, 2.75) is 38.0 Å². The molecule has 2 heterocycles. The molecule has 0 atom stereocenters. The Kier molecular flexibility index (Phi) is 6.92. The molecule has 29 heavy (non-hydrogen) atoms. The fraction of sp³-hybridized carbons (Fsp3) is 0.500. The number of ether oxygens (including phenoxy) is 1. The van der Waals surface area contributed by atoms with Crippen LogP contribution < -0.4 is 19.7 Å². The topological polar surface area (TPSA) is 96.5 Å². The molecular weight excluding hydrogens is 390 g/mol. The van der Waals surface area contributed by atoms with Crippen LogP contribution in [0.2, 0.25) is 0 Å². The highest BCUT2D eigenvalue weighted by atomic mass is 32.2. The van der Waals surface area contributed by atoms with Crippen molar-refractivity contribution in [3.05, 3.63) is 35.5 Å². The number of methoxy groups -OCH3 is 1. The molecule has 1 aliphatic rings. The summed E-state index contributed by atoms with van der Waals surface area (Å²) in [5, 5.41) is 3.12. The average molecular weight is 420 g/mol. The van der Waals surface area contributed by atoms with E-state index >= 15 is 0 Å². The first-order valence-corrected chi connectivity index (χ1v) is 11.4. The fourth-order valence-electron chi connectivity index (χ4n) is 3.38.